The van der Waals surface area contributed by atoms with Gasteiger partial charge in [0.05, 0.1) is 5.02 Å². The number of rotatable bonds is 6. The minimum atomic E-state index is -0.203. The molecule has 0 saturated heterocycles. The highest BCUT2D eigenvalue weighted by Gasteiger charge is 2.13. The van der Waals surface area contributed by atoms with Gasteiger partial charge in [0.25, 0.3) is 5.91 Å². The van der Waals surface area contributed by atoms with Gasteiger partial charge in [0.2, 0.25) is 5.89 Å². The number of aryl methyl sites for hydroxylation is 2. The summed E-state index contributed by atoms with van der Waals surface area (Å²) >= 11 is 7.55. The molecule has 0 atom stereocenters. The quantitative estimate of drug-likeness (QED) is 0.678. The second-order valence-electron chi connectivity index (χ2n) is 5.11. The number of thiazole rings is 1. The van der Waals surface area contributed by atoms with Crippen molar-refractivity contribution < 1.29 is 9.32 Å². The molecule has 0 radical (unpaired) electrons. The fourth-order valence-electron chi connectivity index (χ4n) is 2.11. The Morgan fingerprint density at radius 3 is 2.92 bits per heavy atom. The Morgan fingerprint density at radius 1 is 1.33 bits per heavy atom. The zero-order valence-corrected chi connectivity index (χ0v) is 14.5. The van der Waals surface area contributed by atoms with Crippen molar-refractivity contribution in [3.8, 4) is 10.6 Å². The molecule has 0 aliphatic carbocycles. The van der Waals surface area contributed by atoms with E-state index in [0.717, 1.165) is 17.0 Å². The van der Waals surface area contributed by atoms with E-state index in [4.69, 9.17) is 16.1 Å². The van der Waals surface area contributed by atoms with Crippen LogP contribution in [-0.2, 0) is 6.42 Å². The van der Waals surface area contributed by atoms with Gasteiger partial charge < -0.3 is 9.84 Å². The van der Waals surface area contributed by atoms with Crippen LogP contribution >= 0.6 is 22.9 Å². The molecule has 3 aromatic rings. The monoisotopic (exact) mass is 362 g/mol. The largest absolute Gasteiger partial charge is 0.351 e. The lowest BCUT2D eigenvalue weighted by atomic mass is 10.2. The zero-order valence-electron chi connectivity index (χ0n) is 13.0. The van der Waals surface area contributed by atoms with Gasteiger partial charge in [-0.25, -0.2) is 4.98 Å². The molecule has 2 heterocycles. The smallest absolute Gasteiger partial charge is 0.270 e. The van der Waals surface area contributed by atoms with Crippen LogP contribution in [0.4, 0.5) is 0 Å². The van der Waals surface area contributed by atoms with Crippen LogP contribution in [-0.4, -0.2) is 27.6 Å². The van der Waals surface area contributed by atoms with Gasteiger partial charge in [-0.3, -0.25) is 4.79 Å². The Hall–Kier alpha value is -2.25. The van der Waals surface area contributed by atoms with Crippen molar-refractivity contribution in [2.45, 2.75) is 19.8 Å². The molecule has 24 heavy (non-hydrogen) atoms. The highest BCUT2D eigenvalue weighted by Crippen LogP contribution is 2.29. The van der Waals surface area contributed by atoms with Crippen molar-refractivity contribution in [3.05, 3.63) is 52.1 Å². The number of amides is 1. The van der Waals surface area contributed by atoms with E-state index in [-0.39, 0.29) is 5.91 Å². The average Bonchev–Trinajstić information content (AvgIpc) is 3.21. The van der Waals surface area contributed by atoms with E-state index < -0.39 is 0 Å². The van der Waals surface area contributed by atoms with Crippen LogP contribution in [0.25, 0.3) is 10.6 Å². The molecular weight excluding hydrogens is 348 g/mol. The predicted octanol–water partition coefficient (Wildman–Crippen LogP) is 3.52. The molecule has 0 aliphatic rings. The van der Waals surface area contributed by atoms with Crippen molar-refractivity contribution in [3.63, 3.8) is 0 Å². The van der Waals surface area contributed by atoms with Gasteiger partial charge in [0, 0.05) is 23.9 Å². The van der Waals surface area contributed by atoms with Crippen molar-refractivity contribution >= 4 is 28.8 Å². The second-order valence-corrected chi connectivity index (χ2v) is 6.38. The molecule has 2 aromatic heterocycles. The fraction of sp³-hybridized carbons (Fsp3) is 0.250. The molecule has 8 heteroatoms. The Balaban J connectivity index is 1.53. The Labute approximate surface area is 147 Å². The number of benzene rings is 1. The fourth-order valence-corrected chi connectivity index (χ4v) is 3.23. The van der Waals surface area contributed by atoms with E-state index in [1.54, 1.807) is 18.4 Å². The van der Waals surface area contributed by atoms with E-state index in [0.29, 0.717) is 35.4 Å². The van der Waals surface area contributed by atoms with Gasteiger partial charge in [-0.1, -0.05) is 35.0 Å². The summed E-state index contributed by atoms with van der Waals surface area (Å²) in [5, 5.41) is 9.64. The molecule has 124 valence electrons. The van der Waals surface area contributed by atoms with E-state index in [9.17, 15) is 4.79 Å². The van der Waals surface area contributed by atoms with Crippen molar-refractivity contribution in [2.75, 3.05) is 6.54 Å². The van der Waals surface area contributed by atoms with Crippen molar-refractivity contribution in [2.24, 2.45) is 0 Å². The van der Waals surface area contributed by atoms with E-state index >= 15 is 0 Å². The van der Waals surface area contributed by atoms with Crippen molar-refractivity contribution in [1.82, 2.24) is 20.4 Å². The Bertz CT molecular complexity index is 846. The van der Waals surface area contributed by atoms with Crippen LogP contribution in [0.2, 0.25) is 5.02 Å². The molecule has 1 aromatic carbocycles. The van der Waals surface area contributed by atoms with Crippen LogP contribution in [0.3, 0.4) is 0 Å². The maximum atomic E-state index is 12.1. The maximum absolute atomic E-state index is 12.1. The molecular formula is C16H15ClN4O2S. The third kappa shape index (κ3) is 3.98. The number of nitrogens with one attached hydrogen (secondary N) is 1. The maximum Gasteiger partial charge on any atom is 0.270 e. The summed E-state index contributed by atoms with van der Waals surface area (Å²) in [4.78, 5) is 20.6. The molecule has 0 spiro atoms. The Kier molecular flexibility index (Phi) is 5.22. The molecule has 3 rings (SSSR count). The second kappa shape index (κ2) is 7.55. The average molecular weight is 363 g/mol. The van der Waals surface area contributed by atoms with Crippen LogP contribution in [0, 0.1) is 6.92 Å². The van der Waals surface area contributed by atoms with Crippen molar-refractivity contribution in [1.29, 1.82) is 0 Å². The highest BCUT2D eigenvalue weighted by atomic mass is 35.5. The lowest BCUT2D eigenvalue weighted by Gasteiger charge is -2.01. The first kappa shape index (κ1) is 16.6. The van der Waals surface area contributed by atoms with Crippen LogP contribution in [0.5, 0.6) is 0 Å². The third-order valence-corrected chi connectivity index (χ3v) is 4.47. The summed E-state index contributed by atoms with van der Waals surface area (Å²) in [6.45, 7) is 2.28. The number of hydrogen-bond donors (Lipinski definition) is 1. The minimum absolute atomic E-state index is 0.203. The molecule has 1 amide bonds. The SMILES string of the molecule is Cc1noc(CCCNC(=O)c2csc(-c3ccccc3Cl)n2)n1. The number of hydrogen-bond acceptors (Lipinski definition) is 6. The van der Waals surface area contributed by atoms with Crippen LogP contribution in [0.1, 0.15) is 28.6 Å². The summed E-state index contributed by atoms with van der Waals surface area (Å²) in [5.41, 5.74) is 1.22. The summed E-state index contributed by atoms with van der Waals surface area (Å²) < 4.78 is 5.02. The van der Waals surface area contributed by atoms with Gasteiger partial charge in [-0.05, 0) is 19.4 Å². The molecule has 0 aliphatic heterocycles. The van der Waals surface area contributed by atoms with Crippen LogP contribution in [0.15, 0.2) is 34.2 Å². The predicted molar refractivity (Wildman–Crippen MR) is 92.2 cm³/mol. The first-order valence-electron chi connectivity index (χ1n) is 7.41. The number of carbonyl (C=O) groups excluding carboxylic acids is 1. The standard InChI is InChI=1S/C16H15ClN4O2S/c1-10-19-14(23-21-10)7-4-8-18-15(22)13-9-24-16(20-13)11-5-2-3-6-12(11)17/h2-3,5-6,9H,4,7-8H2,1H3,(H,18,22). The minimum Gasteiger partial charge on any atom is -0.351 e. The summed E-state index contributed by atoms with van der Waals surface area (Å²) in [5.74, 6) is 0.992. The van der Waals surface area contributed by atoms with Gasteiger partial charge in [0.1, 0.15) is 10.7 Å². The number of aromatic nitrogens is 3. The molecule has 0 fully saturated rings. The first-order chi connectivity index (χ1) is 11.6. The summed E-state index contributed by atoms with van der Waals surface area (Å²) in [7, 11) is 0. The molecule has 1 N–H and O–H groups in total. The molecule has 0 saturated carbocycles. The molecule has 0 unspecified atom stereocenters. The van der Waals surface area contributed by atoms with E-state index in [1.807, 2.05) is 18.2 Å². The lowest BCUT2D eigenvalue weighted by molar-refractivity contribution is 0.0948. The summed E-state index contributed by atoms with van der Waals surface area (Å²) in [6, 6.07) is 7.44. The van der Waals surface area contributed by atoms with Gasteiger partial charge in [-0.2, -0.15) is 4.98 Å². The Morgan fingerprint density at radius 2 is 2.17 bits per heavy atom. The topological polar surface area (TPSA) is 80.9 Å². The normalized spacial score (nSPS) is 10.8. The van der Waals surface area contributed by atoms with Gasteiger partial charge in [-0.15, -0.1) is 11.3 Å². The highest BCUT2D eigenvalue weighted by molar-refractivity contribution is 7.13. The zero-order chi connectivity index (χ0) is 16.9. The van der Waals surface area contributed by atoms with E-state index in [1.165, 1.54) is 11.3 Å². The first-order valence-corrected chi connectivity index (χ1v) is 8.67. The lowest BCUT2D eigenvalue weighted by Crippen LogP contribution is -2.25. The number of carbonyl (C=O) groups is 1. The van der Waals surface area contributed by atoms with Gasteiger partial charge >= 0.3 is 0 Å². The van der Waals surface area contributed by atoms with Gasteiger partial charge in [0.15, 0.2) is 5.82 Å². The van der Waals surface area contributed by atoms with Crippen LogP contribution < -0.4 is 5.32 Å². The van der Waals surface area contributed by atoms with E-state index in [2.05, 4.69) is 20.4 Å². The molecule has 6 nitrogen and oxygen atoms in total. The summed E-state index contributed by atoms with van der Waals surface area (Å²) in [6.07, 6.45) is 1.35. The number of nitrogens with zero attached hydrogens (tertiary/aromatic N) is 3. The third-order valence-electron chi connectivity index (χ3n) is 3.26. The number of halogens is 1. The molecule has 0 bridgehead atoms.